The van der Waals surface area contributed by atoms with Crippen LogP contribution in [-0.4, -0.2) is 41.2 Å². The van der Waals surface area contributed by atoms with Crippen molar-refractivity contribution in [3.63, 3.8) is 0 Å². The van der Waals surface area contributed by atoms with Gasteiger partial charge < -0.3 is 14.8 Å². The van der Waals surface area contributed by atoms with Crippen LogP contribution in [0.3, 0.4) is 0 Å². The molecule has 7 heteroatoms. The first kappa shape index (κ1) is 21.5. The first-order chi connectivity index (χ1) is 11.6. The predicted octanol–water partition coefficient (Wildman–Crippen LogP) is 3.30. The van der Waals surface area contributed by atoms with E-state index in [-0.39, 0.29) is 29.0 Å². The van der Waals surface area contributed by atoms with Gasteiger partial charge in [0.1, 0.15) is 5.60 Å². The molecule has 1 N–H and O–H groups in total. The molecular weight excluding hydrogens is 342 g/mol. The molecule has 0 heterocycles. The summed E-state index contributed by atoms with van der Waals surface area (Å²) >= 11 is 1.14. The van der Waals surface area contributed by atoms with E-state index in [1.54, 1.807) is 6.92 Å². The van der Waals surface area contributed by atoms with Crippen molar-refractivity contribution in [2.45, 2.75) is 59.1 Å². The lowest BCUT2D eigenvalue weighted by Crippen LogP contribution is -2.37. The quantitative estimate of drug-likeness (QED) is 0.546. The maximum absolute atomic E-state index is 12.1. The monoisotopic (exact) mass is 371 g/mol. The van der Waals surface area contributed by atoms with Gasteiger partial charge in [0.2, 0.25) is 0 Å². The number of ether oxygens (including phenoxy) is 2. The Kier molecular flexibility index (Phi) is 8.48. The third-order valence-electron chi connectivity index (χ3n) is 3.57. The van der Waals surface area contributed by atoms with Crippen molar-refractivity contribution < 1.29 is 23.9 Å². The van der Waals surface area contributed by atoms with Crippen LogP contribution in [0.25, 0.3) is 0 Å². The van der Waals surface area contributed by atoms with Crippen molar-refractivity contribution >= 4 is 28.9 Å². The summed E-state index contributed by atoms with van der Waals surface area (Å²) in [7, 11) is 0. The number of hydrogen-bond acceptors (Lipinski definition) is 6. The van der Waals surface area contributed by atoms with Crippen molar-refractivity contribution in [3.05, 3.63) is 12.2 Å². The van der Waals surface area contributed by atoms with Gasteiger partial charge in [0.25, 0.3) is 0 Å². The highest BCUT2D eigenvalue weighted by Gasteiger charge is 2.29. The largest absolute Gasteiger partial charge is 0.466 e. The van der Waals surface area contributed by atoms with Gasteiger partial charge in [-0.3, -0.25) is 9.59 Å². The number of carbonyl (C=O) groups excluding carboxylic acids is 3. The zero-order valence-electron chi connectivity index (χ0n) is 15.7. The minimum absolute atomic E-state index is 0.0132. The van der Waals surface area contributed by atoms with E-state index in [0.29, 0.717) is 25.2 Å². The van der Waals surface area contributed by atoms with Gasteiger partial charge in [-0.25, -0.2) is 4.79 Å². The normalized spacial score (nSPS) is 20.8. The molecule has 1 aliphatic rings. The molecule has 0 fully saturated rings. The van der Waals surface area contributed by atoms with E-state index in [1.165, 1.54) is 6.92 Å². The highest BCUT2D eigenvalue weighted by molar-refractivity contribution is 8.13. The molecule has 0 aromatic heterocycles. The Balaban J connectivity index is 2.52. The van der Waals surface area contributed by atoms with E-state index in [1.807, 2.05) is 32.9 Å². The summed E-state index contributed by atoms with van der Waals surface area (Å²) in [6.45, 7) is 9.03. The SMILES string of the molecule is CCOC(=O)C(CSC(C)=O)C[C@@H]1C=C[C@H](NC(=O)OC(C)(C)C)C1. The number of esters is 1. The van der Waals surface area contributed by atoms with Crippen molar-refractivity contribution in [1.29, 1.82) is 0 Å². The zero-order chi connectivity index (χ0) is 19.0. The van der Waals surface area contributed by atoms with Crippen LogP contribution in [0.4, 0.5) is 4.79 Å². The molecule has 1 unspecified atom stereocenters. The standard InChI is InChI=1S/C18H29NO5S/c1-6-23-16(21)14(11-25-12(2)20)9-13-7-8-15(10-13)19-17(22)24-18(3,4)5/h7-8,13-15H,6,9-11H2,1-5H3,(H,19,22)/t13-,14?,15-/m0/s1. The van der Waals surface area contributed by atoms with Gasteiger partial charge in [-0.05, 0) is 46.5 Å². The number of allylic oxidation sites excluding steroid dienone is 1. The first-order valence-electron chi connectivity index (χ1n) is 8.58. The number of nitrogens with one attached hydrogen (secondary N) is 1. The summed E-state index contributed by atoms with van der Waals surface area (Å²) in [4.78, 5) is 35.1. The summed E-state index contributed by atoms with van der Waals surface area (Å²) in [6.07, 6.45) is 4.79. The Morgan fingerprint density at radius 2 is 1.96 bits per heavy atom. The summed E-state index contributed by atoms with van der Waals surface area (Å²) in [5, 5.41) is 2.81. The van der Waals surface area contributed by atoms with Crippen LogP contribution < -0.4 is 5.32 Å². The van der Waals surface area contributed by atoms with Gasteiger partial charge in [-0.1, -0.05) is 23.9 Å². The smallest absolute Gasteiger partial charge is 0.408 e. The summed E-state index contributed by atoms with van der Waals surface area (Å²) in [5.41, 5.74) is -0.537. The van der Waals surface area contributed by atoms with Crippen LogP contribution in [-0.2, 0) is 19.1 Å². The Labute approximate surface area is 154 Å². The first-order valence-corrected chi connectivity index (χ1v) is 9.57. The molecule has 0 saturated carbocycles. The Morgan fingerprint density at radius 3 is 2.52 bits per heavy atom. The summed E-state index contributed by atoms with van der Waals surface area (Å²) in [5.74, 6) is -0.0262. The van der Waals surface area contributed by atoms with E-state index in [2.05, 4.69) is 5.32 Å². The van der Waals surface area contributed by atoms with Crippen LogP contribution >= 0.6 is 11.8 Å². The molecular formula is C18H29NO5S. The molecule has 0 radical (unpaired) electrons. The van der Waals surface area contributed by atoms with E-state index >= 15 is 0 Å². The zero-order valence-corrected chi connectivity index (χ0v) is 16.5. The van der Waals surface area contributed by atoms with Crippen molar-refractivity contribution in [1.82, 2.24) is 5.32 Å². The molecule has 0 spiro atoms. The number of hydrogen-bond donors (Lipinski definition) is 1. The molecule has 0 saturated heterocycles. The maximum Gasteiger partial charge on any atom is 0.408 e. The molecule has 3 atom stereocenters. The number of alkyl carbamates (subject to hydrolysis) is 1. The van der Waals surface area contributed by atoms with E-state index in [0.717, 1.165) is 11.8 Å². The minimum atomic E-state index is -0.537. The van der Waals surface area contributed by atoms with Gasteiger partial charge in [0.05, 0.1) is 18.6 Å². The van der Waals surface area contributed by atoms with Gasteiger partial charge in [0.15, 0.2) is 5.12 Å². The second-order valence-corrected chi connectivity index (χ2v) is 8.32. The Hall–Kier alpha value is -1.50. The molecule has 0 aromatic rings. The topological polar surface area (TPSA) is 81.7 Å². The molecule has 0 aromatic carbocycles. The van der Waals surface area contributed by atoms with Crippen LogP contribution in [0.15, 0.2) is 12.2 Å². The van der Waals surface area contributed by atoms with E-state index < -0.39 is 11.7 Å². The van der Waals surface area contributed by atoms with Crippen LogP contribution in [0.1, 0.15) is 47.5 Å². The fraction of sp³-hybridized carbons (Fsp3) is 0.722. The van der Waals surface area contributed by atoms with E-state index in [4.69, 9.17) is 9.47 Å². The lowest BCUT2D eigenvalue weighted by atomic mass is 9.94. The van der Waals surface area contributed by atoms with Gasteiger partial charge >= 0.3 is 12.1 Å². The summed E-state index contributed by atoms with van der Waals surface area (Å²) in [6, 6.07) is -0.108. The lowest BCUT2D eigenvalue weighted by molar-refractivity contribution is -0.147. The summed E-state index contributed by atoms with van der Waals surface area (Å²) < 4.78 is 10.4. The van der Waals surface area contributed by atoms with E-state index in [9.17, 15) is 14.4 Å². The molecule has 142 valence electrons. The Bertz CT molecular complexity index is 512. The molecule has 25 heavy (non-hydrogen) atoms. The molecule has 1 rings (SSSR count). The van der Waals surface area contributed by atoms with Crippen molar-refractivity contribution in [3.8, 4) is 0 Å². The van der Waals surface area contributed by atoms with Crippen molar-refractivity contribution in [2.75, 3.05) is 12.4 Å². The third-order valence-corrected chi connectivity index (χ3v) is 4.54. The molecule has 1 amide bonds. The minimum Gasteiger partial charge on any atom is -0.466 e. The number of thioether (sulfide) groups is 1. The number of rotatable bonds is 7. The van der Waals surface area contributed by atoms with Crippen LogP contribution in [0, 0.1) is 11.8 Å². The van der Waals surface area contributed by atoms with Crippen LogP contribution in [0.2, 0.25) is 0 Å². The third kappa shape index (κ3) is 8.95. The molecule has 6 nitrogen and oxygen atoms in total. The average molecular weight is 371 g/mol. The fourth-order valence-corrected chi connectivity index (χ4v) is 3.30. The average Bonchev–Trinajstić information content (AvgIpc) is 2.88. The predicted molar refractivity (Wildman–Crippen MR) is 98.3 cm³/mol. The van der Waals surface area contributed by atoms with Gasteiger partial charge in [0, 0.05) is 12.7 Å². The van der Waals surface area contributed by atoms with Gasteiger partial charge in [-0.15, -0.1) is 0 Å². The van der Waals surface area contributed by atoms with Crippen LogP contribution in [0.5, 0.6) is 0 Å². The maximum atomic E-state index is 12.1. The second kappa shape index (κ2) is 9.85. The van der Waals surface area contributed by atoms with Gasteiger partial charge in [-0.2, -0.15) is 0 Å². The highest BCUT2D eigenvalue weighted by Crippen LogP contribution is 2.28. The molecule has 0 bridgehead atoms. The molecule has 0 aliphatic heterocycles. The fourth-order valence-electron chi connectivity index (χ4n) is 2.59. The highest BCUT2D eigenvalue weighted by atomic mass is 32.2. The Morgan fingerprint density at radius 1 is 1.28 bits per heavy atom. The van der Waals surface area contributed by atoms with Crippen molar-refractivity contribution in [2.24, 2.45) is 11.8 Å². The lowest BCUT2D eigenvalue weighted by Gasteiger charge is -2.22. The molecule has 1 aliphatic carbocycles. The number of carbonyl (C=O) groups is 3. The number of amides is 1. The second-order valence-electron chi connectivity index (χ2n) is 7.12.